The third-order valence-electron chi connectivity index (χ3n) is 2.76. The molecule has 0 saturated heterocycles. The van der Waals surface area contributed by atoms with E-state index in [0.717, 1.165) is 26.9 Å². The van der Waals surface area contributed by atoms with Gasteiger partial charge in [0.1, 0.15) is 12.4 Å². The maximum Gasteiger partial charge on any atom is 0.127 e. The molecular weight excluding hydrogens is 326 g/mol. The predicted octanol–water partition coefficient (Wildman–Crippen LogP) is 4.22. The van der Waals surface area contributed by atoms with Crippen LogP contribution < -0.4 is 10.5 Å². The van der Waals surface area contributed by atoms with Gasteiger partial charge in [0.2, 0.25) is 0 Å². The van der Waals surface area contributed by atoms with Gasteiger partial charge in [-0.3, -0.25) is 0 Å². The molecule has 0 fully saturated rings. The average Bonchev–Trinajstić information content (AvgIpc) is 2.38. The topological polar surface area (TPSA) is 35.2 Å². The van der Waals surface area contributed by atoms with Gasteiger partial charge in [0.05, 0.1) is 0 Å². The zero-order valence-electron chi connectivity index (χ0n) is 10.7. The normalized spacial score (nSPS) is 9.84. The fourth-order valence-electron chi connectivity index (χ4n) is 1.89. The lowest BCUT2D eigenvalue weighted by atomic mass is 10.1. The standard InChI is InChI=1S/C15H16BrNO.ClH/c1-11-7-14(16)8-13(9-17)15(11)18-10-12-5-3-2-4-6-12;/h2-8H,9-10,17H2,1H3;1H. The number of rotatable bonds is 4. The van der Waals surface area contributed by atoms with E-state index >= 15 is 0 Å². The lowest BCUT2D eigenvalue weighted by molar-refractivity contribution is 0.301. The Kier molecular flexibility index (Phi) is 6.35. The summed E-state index contributed by atoms with van der Waals surface area (Å²) < 4.78 is 6.93. The van der Waals surface area contributed by atoms with E-state index in [0.29, 0.717) is 13.2 Å². The number of hydrogen-bond acceptors (Lipinski definition) is 2. The summed E-state index contributed by atoms with van der Waals surface area (Å²) in [5, 5.41) is 0. The number of benzene rings is 2. The van der Waals surface area contributed by atoms with E-state index in [1.165, 1.54) is 0 Å². The lowest BCUT2D eigenvalue weighted by Crippen LogP contribution is -2.04. The number of aryl methyl sites for hydroxylation is 1. The van der Waals surface area contributed by atoms with Gasteiger partial charge in [-0.2, -0.15) is 0 Å². The molecule has 0 aromatic heterocycles. The summed E-state index contributed by atoms with van der Waals surface area (Å²) >= 11 is 3.47. The van der Waals surface area contributed by atoms with Crippen molar-refractivity contribution in [1.82, 2.24) is 0 Å². The molecule has 19 heavy (non-hydrogen) atoms. The van der Waals surface area contributed by atoms with Crippen molar-refractivity contribution < 1.29 is 4.74 Å². The first-order valence-electron chi connectivity index (χ1n) is 5.86. The number of ether oxygens (including phenoxy) is 1. The Hall–Kier alpha value is -1.03. The average molecular weight is 343 g/mol. The van der Waals surface area contributed by atoms with E-state index in [-0.39, 0.29) is 12.4 Å². The summed E-state index contributed by atoms with van der Waals surface area (Å²) in [5.41, 5.74) is 9.04. The van der Waals surface area contributed by atoms with Crippen LogP contribution in [-0.4, -0.2) is 0 Å². The fourth-order valence-corrected chi connectivity index (χ4v) is 2.51. The van der Waals surface area contributed by atoms with Crippen LogP contribution in [0.2, 0.25) is 0 Å². The summed E-state index contributed by atoms with van der Waals surface area (Å²) in [6.07, 6.45) is 0. The van der Waals surface area contributed by atoms with Crippen LogP contribution in [0, 0.1) is 6.92 Å². The van der Waals surface area contributed by atoms with Gasteiger partial charge in [-0.1, -0.05) is 46.3 Å². The van der Waals surface area contributed by atoms with E-state index in [2.05, 4.69) is 28.1 Å². The summed E-state index contributed by atoms with van der Waals surface area (Å²) in [4.78, 5) is 0. The SMILES string of the molecule is Cc1cc(Br)cc(CN)c1OCc1ccccc1.Cl. The second kappa shape index (κ2) is 7.53. The molecule has 0 bridgehead atoms. The lowest BCUT2D eigenvalue weighted by Gasteiger charge is -2.14. The molecule has 0 aliphatic heterocycles. The molecule has 2 nitrogen and oxygen atoms in total. The Morgan fingerprint density at radius 3 is 2.47 bits per heavy atom. The van der Waals surface area contributed by atoms with Gasteiger partial charge in [-0.05, 0) is 30.2 Å². The molecule has 102 valence electrons. The van der Waals surface area contributed by atoms with Crippen molar-refractivity contribution in [2.45, 2.75) is 20.1 Å². The van der Waals surface area contributed by atoms with Crippen LogP contribution in [0.25, 0.3) is 0 Å². The third kappa shape index (κ3) is 4.23. The van der Waals surface area contributed by atoms with Crippen molar-refractivity contribution in [1.29, 1.82) is 0 Å². The minimum Gasteiger partial charge on any atom is -0.488 e. The molecule has 4 heteroatoms. The highest BCUT2D eigenvalue weighted by atomic mass is 79.9. The summed E-state index contributed by atoms with van der Waals surface area (Å²) in [7, 11) is 0. The molecule has 0 aliphatic rings. The Morgan fingerprint density at radius 2 is 1.84 bits per heavy atom. The van der Waals surface area contributed by atoms with Crippen LogP contribution in [0.4, 0.5) is 0 Å². The molecule has 0 atom stereocenters. The van der Waals surface area contributed by atoms with E-state index in [1.54, 1.807) is 0 Å². The Bertz CT molecular complexity index is 531. The molecule has 2 aromatic rings. The van der Waals surface area contributed by atoms with Crippen molar-refractivity contribution in [3.63, 3.8) is 0 Å². The third-order valence-corrected chi connectivity index (χ3v) is 3.22. The monoisotopic (exact) mass is 341 g/mol. The van der Waals surface area contributed by atoms with Crippen LogP contribution in [-0.2, 0) is 13.2 Å². The van der Waals surface area contributed by atoms with Gasteiger partial charge in [-0.15, -0.1) is 12.4 Å². The van der Waals surface area contributed by atoms with E-state index in [1.807, 2.05) is 37.3 Å². The van der Waals surface area contributed by atoms with Crippen molar-refractivity contribution in [2.75, 3.05) is 0 Å². The van der Waals surface area contributed by atoms with E-state index < -0.39 is 0 Å². The predicted molar refractivity (Wildman–Crippen MR) is 84.8 cm³/mol. The first-order chi connectivity index (χ1) is 8.70. The highest BCUT2D eigenvalue weighted by Gasteiger charge is 2.08. The van der Waals surface area contributed by atoms with Crippen LogP contribution in [0.15, 0.2) is 46.9 Å². The minimum atomic E-state index is 0. The molecule has 0 aliphatic carbocycles. The number of hydrogen-bond donors (Lipinski definition) is 1. The van der Waals surface area contributed by atoms with Crippen molar-refractivity contribution in [2.24, 2.45) is 5.73 Å². The zero-order valence-corrected chi connectivity index (χ0v) is 13.1. The largest absolute Gasteiger partial charge is 0.488 e. The van der Waals surface area contributed by atoms with Gasteiger partial charge < -0.3 is 10.5 Å². The Morgan fingerprint density at radius 1 is 1.16 bits per heavy atom. The van der Waals surface area contributed by atoms with Crippen molar-refractivity contribution in [3.8, 4) is 5.75 Å². The van der Waals surface area contributed by atoms with E-state index in [4.69, 9.17) is 10.5 Å². The molecular formula is C15H17BrClNO. The molecule has 0 amide bonds. The summed E-state index contributed by atoms with van der Waals surface area (Å²) in [5.74, 6) is 0.893. The smallest absolute Gasteiger partial charge is 0.127 e. The Labute approximate surface area is 128 Å². The van der Waals surface area contributed by atoms with Gasteiger partial charge >= 0.3 is 0 Å². The first-order valence-corrected chi connectivity index (χ1v) is 6.66. The molecule has 2 aromatic carbocycles. The summed E-state index contributed by atoms with van der Waals surface area (Å²) in [6, 6.07) is 14.2. The fraction of sp³-hybridized carbons (Fsp3) is 0.200. The molecule has 2 rings (SSSR count). The molecule has 0 spiro atoms. The molecule has 0 unspecified atom stereocenters. The molecule has 0 saturated carbocycles. The van der Waals surface area contributed by atoms with Crippen LogP contribution in [0.1, 0.15) is 16.7 Å². The molecule has 2 N–H and O–H groups in total. The number of halogens is 2. The number of nitrogens with two attached hydrogens (primary N) is 1. The maximum absolute atomic E-state index is 5.90. The van der Waals surface area contributed by atoms with Crippen LogP contribution >= 0.6 is 28.3 Å². The van der Waals surface area contributed by atoms with Gasteiger partial charge in [0.15, 0.2) is 0 Å². The minimum absolute atomic E-state index is 0. The maximum atomic E-state index is 5.90. The van der Waals surface area contributed by atoms with E-state index in [9.17, 15) is 0 Å². The van der Waals surface area contributed by atoms with Gasteiger partial charge in [-0.25, -0.2) is 0 Å². The first kappa shape index (κ1) is 16.0. The van der Waals surface area contributed by atoms with Crippen molar-refractivity contribution in [3.05, 3.63) is 63.6 Å². The van der Waals surface area contributed by atoms with Crippen molar-refractivity contribution >= 4 is 28.3 Å². The van der Waals surface area contributed by atoms with Gasteiger partial charge in [0.25, 0.3) is 0 Å². The molecule has 0 radical (unpaired) electrons. The second-order valence-corrected chi connectivity index (χ2v) is 5.11. The highest BCUT2D eigenvalue weighted by molar-refractivity contribution is 9.10. The quantitative estimate of drug-likeness (QED) is 0.903. The Balaban J connectivity index is 0.00000180. The van der Waals surface area contributed by atoms with Gasteiger partial charge in [0, 0.05) is 16.6 Å². The highest BCUT2D eigenvalue weighted by Crippen LogP contribution is 2.28. The van der Waals surface area contributed by atoms with Crippen LogP contribution in [0.3, 0.4) is 0 Å². The van der Waals surface area contributed by atoms with Crippen LogP contribution in [0.5, 0.6) is 5.75 Å². The zero-order chi connectivity index (χ0) is 13.0. The summed E-state index contributed by atoms with van der Waals surface area (Å²) in [6.45, 7) is 3.07. The molecule has 0 heterocycles. The second-order valence-electron chi connectivity index (χ2n) is 4.19.